The van der Waals surface area contributed by atoms with Crippen LogP contribution in [0.15, 0.2) is 48.5 Å². The van der Waals surface area contributed by atoms with E-state index in [-0.39, 0.29) is 5.91 Å². The van der Waals surface area contributed by atoms with Gasteiger partial charge >= 0.3 is 0 Å². The molecule has 2 aromatic carbocycles. The Hall–Kier alpha value is -3.21. The normalized spacial score (nSPS) is 13.8. The van der Waals surface area contributed by atoms with Crippen LogP contribution in [0.5, 0.6) is 11.5 Å². The van der Waals surface area contributed by atoms with Crippen LogP contribution in [0.25, 0.3) is 17.0 Å². The SMILES string of the molecule is COc1ccc(OC)c(C=CC(=O)N2CCc3[nH]c4ccccc4c3C2)c1. The first-order chi connectivity index (χ1) is 13.2. The number of nitrogens with zero attached hydrogens (tertiary/aromatic N) is 1. The van der Waals surface area contributed by atoms with Crippen molar-refractivity contribution in [3.05, 3.63) is 65.4 Å². The maximum atomic E-state index is 12.8. The summed E-state index contributed by atoms with van der Waals surface area (Å²) in [5, 5.41) is 1.20. The fourth-order valence-corrected chi connectivity index (χ4v) is 3.59. The Balaban J connectivity index is 1.55. The molecular weight excluding hydrogens is 340 g/mol. The van der Waals surface area contributed by atoms with Crippen LogP contribution in [0, 0.1) is 0 Å². The Kier molecular flexibility index (Phi) is 4.59. The molecule has 0 bridgehead atoms. The number of aromatic nitrogens is 1. The van der Waals surface area contributed by atoms with Gasteiger partial charge in [-0.25, -0.2) is 0 Å². The van der Waals surface area contributed by atoms with E-state index in [4.69, 9.17) is 9.47 Å². The summed E-state index contributed by atoms with van der Waals surface area (Å²) >= 11 is 0. The summed E-state index contributed by atoms with van der Waals surface area (Å²) in [6.45, 7) is 1.33. The molecule has 3 aromatic rings. The zero-order chi connectivity index (χ0) is 18.8. The molecular formula is C22H22N2O3. The minimum absolute atomic E-state index is 0.00389. The van der Waals surface area contributed by atoms with Gasteiger partial charge in [0.25, 0.3) is 0 Å². The highest BCUT2D eigenvalue weighted by atomic mass is 16.5. The Morgan fingerprint density at radius 1 is 1.15 bits per heavy atom. The third-order valence-corrected chi connectivity index (χ3v) is 5.04. The van der Waals surface area contributed by atoms with E-state index in [1.165, 1.54) is 16.6 Å². The number of H-pyrrole nitrogens is 1. The van der Waals surface area contributed by atoms with Crippen molar-refractivity contribution in [1.29, 1.82) is 0 Å². The van der Waals surface area contributed by atoms with Gasteiger partial charge in [-0.05, 0) is 30.3 Å². The number of amides is 1. The van der Waals surface area contributed by atoms with E-state index in [9.17, 15) is 4.79 Å². The summed E-state index contributed by atoms with van der Waals surface area (Å²) in [6, 6.07) is 13.8. The number of carbonyl (C=O) groups excluding carboxylic acids is 1. The number of fused-ring (bicyclic) bond motifs is 3. The van der Waals surface area contributed by atoms with Gasteiger partial charge in [0.2, 0.25) is 5.91 Å². The standard InChI is InChI=1S/C22H22N2O3/c1-26-16-8-9-21(27-2)15(13-16)7-10-22(25)24-12-11-20-18(14-24)17-5-3-4-6-19(17)23-20/h3-10,13,23H,11-12,14H2,1-2H3. The summed E-state index contributed by atoms with van der Waals surface area (Å²) in [5.74, 6) is 1.43. The van der Waals surface area contributed by atoms with E-state index in [1.807, 2.05) is 35.2 Å². The molecule has 5 heteroatoms. The molecule has 0 fully saturated rings. The summed E-state index contributed by atoms with van der Waals surface area (Å²) in [7, 11) is 3.23. The van der Waals surface area contributed by atoms with Crippen LogP contribution in [0.4, 0.5) is 0 Å². The molecule has 5 nitrogen and oxygen atoms in total. The van der Waals surface area contributed by atoms with Gasteiger partial charge in [0.1, 0.15) is 11.5 Å². The molecule has 0 radical (unpaired) electrons. The van der Waals surface area contributed by atoms with Gasteiger partial charge in [-0.3, -0.25) is 4.79 Å². The molecule has 1 aromatic heterocycles. The minimum Gasteiger partial charge on any atom is -0.497 e. The zero-order valence-corrected chi connectivity index (χ0v) is 15.5. The molecule has 2 heterocycles. The van der Waals surface area contributed by atoms with Crippen molar-refractivity contribution in [3.8, 4) is 11.5 Å². The summed E-state index contributed by atoms with van der Waals surface area (Å²) in [5.41, 5.74) is 4.40. The molecule has 0 saturated heterocycles. The van der Waals surface area contributed by atoms with Gasteiger partial charge in [0.15, 0.2) is 0 Å². The number of methoxy groups -OCH3 is 2. The minimum atomic E-state index is -0.00389. The topological polar surface area (TPSA) is 54.6 Å². The molecule has 1 amide bonds. The lowest BCUT2D eigenvalue weighted by Crippen LogP contribution is -2.34. The number of hydrogen-bond acceptors (Lipinski definition) is 3. The van der Waals surface area contributed by atoms with E-state index < -0.39 is 0 Å². The average molecular weight is 362 g/mol. The Morgan fingerprint density at radius 2 is 2.00 bits per heavy atom. The Labute approximate surface area is 158 Å². The molecule has 0 spiro atoms. The third kappa shape index (κ3) is 3.28. The van der Waals surface area contributed by atoms with Crippen LogP contribution in [0.1, 0.15) is 16.8 Å². The van der Waals surface area contributed by atoms with Crippen molar-refractivity contribution in [3.63, 3.8) is 0 Å². The first-order valence-corrected chi connectivity index (χ1v) is 8.97. The van der Waals surface area contributed by atoms with E-state index >= 15 is 0 Å². The van der Waals surface area contributed by atoms with Crippen molar-refractivity contribution >= 4 is 22.9 Å². The summed E-state index contributed by atoms with van der Waals surface area (Å²) in [4.78, 5) is 18.1. The molecule has 0 atom stereocenters. The lowest BCUT2D eigenvalue weighted by atomic mass is 10.0. The van der Waals surface area contributed by atoms with Gasteiger partial charge in [-0.2, -0.15) is 0 Å². The smallest absolute Gasteiger partial charge is 0.246 e. The number of aromatic amines is 1. The second-order valence-corrected chi connectivity index (χ2v) is 6.58. The summed E-state index contributed by atoms with van der Waals surface area (Å²) in [6.07, 6.45) is 4.23. The molecule has 1 aliphatic rings. The first kappa shape index (κ1) is 17.2. The lowest BCUT2D eigenvalue weighted by molar-refractivity contribution is -0.126. The quantitative estimate of drug-likeness (QED) is 0.719. The second kappa shape index (κ2) is 7.19. The van der Waals surface area contributed by atoms with Crippen LogP contribution in [0.2, 0.25) is 0 Å². The molecule has 1 N–H and O–H groups in total. The number of carbonyl (C=O) groups is 1. The summed E-state index contributed by atoms with van der Waals surface area (Å²) < 4.78 is 10.6. The zero-order valence-electron chi connectivity index (χ0n) is 15.5. The highest BCUT2D eigenvalue weighted by Gasteiger charge is 2.22. The van der Waals surface area contributed by atoms with E-state index in [1.54, 1.807) is 26.4 Å². The number of hydrogen-bond donors (Lipinski definition) is 1. The molecule has 0 saturated carbocycles. The van der Waals surface area contributed by atoms with Gasteiger partial charge in [0, 0.05) is 53.3 Å². The van der Waals surface area contributed by atoms with Gasteiger partial charge in [0.05, 0.1) is 14.2 Å². The highest BCUT2D eigenvalue weighted by Crippen LogP contribution is 2.28. The second-order valence-electron chi connectivity index (χ2n) is 6.58. The van der Waals surface area contributed by atoms with Gasteiger partial charge in [-0.1, -0.05) is 18.2 Å². The van der Waals surface area contributed by atoms with Crippen LogP contribution < -0.4 is 9.47 Å². The van der Waals surface area contributed by atoms with Crippen molar-refractivity contribution in [2.45, 2.75) is 13.0 Å². The number of benzene rings is 2. The number of ether oxygens (including phenoxy) is 2. The van der Waals surface area contributed by atoms with Crippen molar-refractivity contribution in [2.24, 2.45) is 0 Å². The van der Waals surface area contributed by atoms with E-state index in [2.05, 4.69) is 17.1 Å². The number of nitrogens with one attached hydrogen (secondary N) is 1. The molecule has 138 valence electrons. The molecule has 4 rings (SSSR count). The van der Waals surface area contributed by atoms with Crippen LogP contribution in [-0.4, -0.2) is 36.6 Å². The lowest BCUT2D eigenvalue weighted by Gasteiger charge is -2.26. The van der Waals surface area contributed by atoms with Crippen molar-refractivity contribution in [1.82, 2.24) is 9.88 Å². The van der Waals surface area contributed by atoms with Crippen LogP contribution >= 0.6 is 0 Å². The monoisotopic (exact) mass is 362 g/mol. The Morgan fingerprint density at radius 3 is 2.81 bits per heavy atom. The van der Waals surface area contributed by atoms with E-state index in [0.29, 0.717) is 18.8 Å². The van der Waals surface area contributed by atoms with E-state index in [0.717, 1.165) is 23.3 Å². The molecule has 0 unspecified atom stereocenters. The fraction of sp³-hybridized carbons (Fsp3) is 0.227. The fourth-order valence-electron chi connectivity index (χ4n) is 3.59. The predicted molar refractivity (Wildman–Crippen MR) is 106 cm³/mol. The maximum Gasteiger partial charge on any atom is 0.246 e. The van der Waals surface area contributed by atoms with Crippen LogP contribution in [0.3, 0.4) is 0 Å². The molecule has 27 heavy (non-hydrogen) atoms. The maximum absolute atomic E-state index is 12.8. The van der Waals surface area contributed by atoms with Gasteiger partial charge < -0.3 is 19.4 Å². The average Bonchev–Trinajstić information content (AvgIpc) is 3.09. The van der Waals surface area contributed by atoms with Crippen molar-refractivity contribution < 1.29 is 14.3 Å². The number of para-hydroxylation sites is 1. The first-order valence-electron chi connectivity index (χ1n) is 8.97. The Bertz CT molecular complexity index is 1020. The molecule has 1 aliphatic heterocycles. The van der Waals surface area contributed by atoms with Crippen molar-refractivity contribution in [2.75, 3.05) is 20.8 Å². The predicted octanol–water partition coefficient (Wildman–Crippen LogP) is 3.78. The highest BCUT2D eigenvalue weighted by molar-refractivity contribution is 5.93. The van der Waals surface area contributed by atoms with Gasteiger partial charge in [-0.15, -0.1) is 0 Å². The largest absolute Gasteiger partial charge is 0.497 e. The molecule has 0 aliphatic carbocycles. The number of rotatable bonds is 4. The van der Waals surface area contributed by atoms with Crippen LogP contribution in [-0.2, 0) is 17.8 Å². The third-order valence-electron chi connectivity index (χ3n) is 5.04.